The lowest BCUT2D eigenvalue weighted by atomic mass is 10.0. The predicted octanol–water partition coefficient (Wildman–Crippen LogP) is 5.36. The molecule has 1 heterocycles. The molecule has 1 saturated heterocycles. The summed E-state index contributed by atoms with van der Waals surface area (Å²) in [5.41, 5.74) is 3.88. The summed E-state index contributed by atoms with van der Waals surface area (Å²) in [5, 5.41) is -0.256. The first-order valence-corrected chi connectivity index (χ1v) is 8.72. The van der Waals surface area contributed by atoms with Crippen LogP contribution in [0.3, 0.4) is 0 Å². The summed E-state index contributed by atoms with van der Waals surface area (Å²) in [6.07, 6.45) is 1.78. The maximum absolute atomic E-state index is 12.6. The lowest BCUT2D eigenvalue weighted by Crippen LogP contribution is -2.27. The Morgan fingerprint density at radius 3 is 2.17 bits per heavy atom. The van der Waals surface area contributed by atoms with Crippen molar-refractivity contribution < 1.29 is 9.59 Å². The van der Waals surface area contributed by atoms with Crippen LogP contribution in [0.5, 0.6) is 0 Å². The Labute approximate surface area is 146 Å². The zero-order valence-electron chi connectivity index (χ0n) is 13.9. The molecule has 2 aromatic rings. The van der Waals surface area contributed by atoms with Crippen molar-refractivity contribution in [2.45, 2.75) is 26.7 Å². The topological polar surface area (TPSA) is 37.4 Å². The van der Waals surface area contributed by atoms with E-state index in [9.17, 15) is 9.59 Å². The van der Waals surface area contributed by atoms with Gasteiger partial charge in [0.15, 0.2) is 0 Å². The van der Waals surface area contributed by atoms with E-state index in [4.69, 9.17) is 0 Å². The Kier molecular flexibility index (Phi) is 4.58. The van der Waals surface area contributed by atoms with Gasteiger partial charge >= 0.3 is 0 Å². The zero-order chi connectivity index (χ0) is 17.3. The van der Waals surface area contributed by atoms with Gasteiger partial charge in [0, 0.05) is 0 Å². The number of carbonyl (C=O) groups is 2. The van der Waals surface area contributed by atoms with Gasteiger partial charge in [-0.15, -0.1) is 0 Å². The lowest BCUT2D eigenvalue weighted by Gasteiger charge is -2.12. The number of thioether (sulfide) groups is 1. The van der Waals surface area contributed by atoms with Crippen molar-refractivity contribution in [3.05, 3.63) is 70.1 Å². The fourth-order valence-electron chi connectivity index (χ4n) is 2.51. The standard InChI is InChI=1S/C20H19NO2S/c1-13(2)16-8-6-15(7-9-16)12-18-19(22)21(20(23)24-18)17-10-4-14(3)5-11-17/h4-13H,1-3H3/b18-12-. The van der Waals surface area contributed by atoms with Crippen molar-refractivity contribution in [2.24, 2.45) is 0 Å². The van der Waals surface area contributed by atoms with Gasteiger partial charge in [-0.1, -0.05) is 55.8 Å². The molecular formula is C20H19NO2S. The molecule has 0 spiro atoms. The van der Waals surface area contributed by atoms with Crippen LogP contribution in [-0.2, 0) is 4.79 Å². The third-order valence-corrected chi connectivity index (χ3v) is 4.86. The second-order valence-electron chi connectivity index (χ2n) is 6.17. The number of rotatable bonds is 3. The van der Waals surface area contributed by atoms with Gasteiger partial charge in [-0.25, -0.2) is 4.90 Å². The van der Waals surface area contributed by atoms with Crippen molar-refractivity contribution in [1.82, 2.24) is 0 Å². The van der Waals surface area contributed by atoms with Crippen LogP contribution in [0, 0.1) is 6.92 Å². The van der Waals surface area contributed by atoms with Gasteiger partial charge < -0.3 is 0 Å². The van der Waals surface area contributed by atoms with Gasteiger partial charge in [-0.3, -0.25) is 9.59 Å². The molecule has 0 atom stereocenters. The summed E-state index contributed by atoms with van der Waals surface area (Å²) in [7, 11) is 0. The Balaban J connectivity index is 1.86. The number of benzene rings is 2. The highest BCUT2D eigenvalue weighted by molar-refractivity contribution is 8.19. The number of imide groups is 1. The van der Waals surface area contributed by atoms with Gasteiger partial charge in [0.2, 0.25) is 0 Å². The van der Waals surface area contributed by atoms with Gasteiger partial charge in [-0.05, 0) is 53.9 Å². The second kappa shape index (κ2) is 6.65. The van der Waals surface area contributed by atoms with Gasteiger partial charge in [0.25, 0.3) is 11.1 Å². The van der Waals surface area contributed by atoms with Crippen molar-refractivity contribution in [2.75, 3.05) is 4.90 Å². The molecule has 0 N–H and O–H groups in total. The van der Waals surface area contributed by atoms with E-state index >= 15 is 0 Å². The van der Waals surface area contributed by atoms with Gasteiger partial charge in [0.1, 0.15) is 0 Å². The predicted molar refractivity (Wildman–Crippen MR) is 100 cm³/mol. The van der Waals surface area contributed by atoms with E-state index in [0.29, 0.717) is 16.5 Å². The number of hydrogen-bond acceptors (Lipinski definition) is 3. The molecule has 0 saturated carbocycles. The van der Waals surface area contributed by atoms with E-state index in [-0.39, 0.29) is 11.1 Å². The largest absolute Gasteiger partial charge is 0.298 e. The summed E-state index contributed by atoms with van der Waals surface area (Å²) in [6, 6.07) is 15.5. The minimum atomic E-state index is -0.262. The van der Waals surface area contributed by atoms with Crippen molar-refractivity contribution in [3.63, 3.8) is 0 Å². The van der Waals surface area contributed by atoms with Crippen LogP contribution < -0.4 is 4.90 Å². The Morgan fingerprint density at radius 2 is 1.58 bits per heavy atom. The van der Waals surface area contributed by atoms with Crippen LogP contribution in [0.1, 0.15) is 36.5 Å². The molecule has 24 heavy (non-hydrogen) atoms. The normalized spacial score (nSPS) is 16.5. The smallest absolute Gasteiger partial charge is 0.268 e. The maximum atomic E-state index is 12.6. The van der Waals surface area contributed by atoms with Gasteiger partial charge in [0.05, 0.1) is 10.6 Å². The third-order valence-electron chi connectivity index (χ3n) is 3.99. The fraction of sp³-hybridized carbons (Fsp3) is 0.200. The van der Waals surface area contributed by atoms with Crippen LogP contribution in [0.2, 0.25) is 0 Å². The molecule has 2 aromatic carbocycles. The molecular weight excluding hydrogens is 318 g/mol. The summed E-state index contributed by atoms with van der Waals surface area (Å²) >= 11 is 0.985. The van der Waals surface area contributed by atoms with Crippen LogP contribution in [0.4, 0.5) is 10.5 Å². The SMILES string of the molecule is Cc1ccc(N2C(=O)S/C(=C\c3ccc(C(C)C)cc3)C2=O)cc1. The van der Waals surface area contributed by atoms with E-state index in [1.54, 1.807) is 18.2 Å². The number of nitrogens with zero attached hydrogens (tertiary/aromatic N) is 1. The molecule has 2 amide bonds. The minimum absolute atomic E-state index is 0.256. The molecule has 1 aliphatic heterocycles. The second-order valence-corrected chi connectivity index (χ2v) is 7.17. The summed E-state index contributed by atoms with van der Waals surface area (Å²) < 4.78 is 0. The van der Waals surface area contributed by atoms with E-state index in [1.807, 2.05) is 31.2 Å². The van der Waals surface area contributed by atoms with E-state index in [2.05, 4.69) is 26.0 Å². The van der Waals surface area contributed by atoms with Crippen molar-refractivity contribution in [1.29, 1.82) is 0 Å². The summed E-state index contributed by atoms with van der Waals surface area (Å²) in [6.45, 7) is 6.25. The molecule has 0 bridgehead atoms. The molecule has 1 aliphatic rings. The van der Waals surface area contributed by atoms with E-state index in [0.717, 1.165) is 22.9 Å². The number of anilines is 1. The molecule has 3 nitrogen and oxygen atoms in total. The van der Waals surface area contributed by atoms with Crippen LogP contribution in [-0.4, -0.2) is 11.1 Å². The minimum Gasteiger partial charge on any atom is -0.268 e. The first-order valence-electron chi connectivity index (χ1n) is 7.90. The molecule has 0 radical (unpaired) electrons. The van der Waals surface area contributed by atoms with Crippen LogP contribution in [0.15, 0.2) is 53.4 Å². The highest BCUT2D eigenvalue weighted by atomic mass is 32.2. The fourth-order valence-corrected chi connectivity index (χ4v) is 3.35. The molecule has 4 heteroatoms. The first-order chi connectivity index (χ1) is 11.5. The highest BCUT2D eigenvalue weighted by Crippen LogP contribution is 2.35. The summed E-state index contributed by atoms with van der Waals surface area (Å²) in [4.78, 5) is 26.5. The van der Waals surface area contributed by atoms with Gasteiger partial charge in [-0.2, -0.15) is 0 Å². The molecule has 1 fully saturated rings. The van der Waals surface area contributed by atoms with Crippen molar-refractivity contribution in [3.8, 4) is 0 Å². The molecule has 0 unspecified atom stereocenters. The summed E-state index contributed by atoms with van der Waals surface area (Å²) in [5.74, 6) is 0.203. The number of aryl methyl sites for hydroxylation is 1. The van der Waals surface area contributed by atoms with Crippen LogP contribution in [0.25, 0.3) is 6.08 Å². The Hall–Kier alpha value is -2.33. The molecule has 0 aromatic heterocycles. The van der Waals surface area contributed by atoms with E-state index < -0.39 is 0 Å². The Bertz CT molecular complexity index is 805. The highest BCUT2D eigenvalue weighted by Gasteiger charge is 2.36. The lowest BCUT2D eigenvalue weighted by molar-refractivity contribution is -0.113. The first kappa shape index (κ1) is 16.5. The quantitative estimate of drug-likeness (QED) is 0.708. The zero-order valence-corrected chi connectivity index (χ0v) is 14.8. The monoisotopic (exact) mass is 337 g/mol. The third kappa shape index (κ3) is 3.29. The number of carbonyl (C=O) groups excluding carboxylic acids is 2. The molecule has 3 rings (SSSR count). The average Bonchev–Trinajstić information content (AvgIpc) is 2.83. The Morgan fingerprint density at radius 1 is 0.958 bits per heavy atom. The maximum Gasteiger partial charge on any atom is 0.298 e. The van der Waals surface area contributed by atoms with E-state index in [1.165, 1.54) is 10.5 Å². The number of amides is 2. The van der Waals surface area contributed by atoms with Crippen LogP contribution >= 0.6 is 11.8 Å². The average molecular weight is 337 g/mol. The molecule has 0 aliphatic carbocycles. The molecule has 122 valence electrons. The van der Waals surface area contributed by atoms with Crippen molar-refractivity contribution >= 4 is 34.7 Å². The number of hydrogen-bond donors (Lipinski definition) is 0.